The van der Waals surface area contributed by atoms with Gasteiger partial charge < -0.3 is 15.2 Å². The second kappa shape index (κ2) is 9.32. The lowest BCUT2D eigenvalue weighted by Gasteiger charge is -2.72. The number of carbonyl (C=O) groups is 2. The van der Waals surface area contributed by atoms with Crippen molar-refractivity contribution in [3.63, 3.8) is 0 Å². The Bertz CT molecular complexity index is 1100. The highest BCUT2D eigenvalue weighted by Gasteiger charge is 2.70. The number of Topliss-reactive ketones (excluding diaryl/α,β-unsaturated/α-hetero) is 1. The van der Waals surface area contributed by atoms with Crippen LogP contribution >= 0.6 is 0 Å². The lowest BCUT2D eigenvalue weighted by Crippen LogP contribution is -2.67. The molecule has 6 aliphatic rings. The fourth-order valence-corrected chi connectivity index (χ4v) is 12.1. The maximum Gasteiger partial charge on any atom is 0.408 e. The van der Waals surface area contributed by atoms with E-state index in [0.717, 1.165) is 63.4 Å². The first-order chi connectivity index (χ1) is 18.7. The fraction of sp³-hybridized carbons (Fsp3) is 0.886. The summed E-state index contributed by atoms with van der Waals surface area (Å²) in [6, 6.07) is 0. The van der Waals surface area contributed by atoms with Gasteiger partial charge in [0.2, 0.25) is 0 Å². The van der Waals surface area contributed by atoms with Crippen LogP contribution in [0.2, 0.25) is 0 Å². The number of allylic oxidation sites excluding steroid dienone is 1. The number of amides is 1. The normalized spacial score (nSPS) is 46.5. The second-order valence-electron chi connectivity index (χ2n) is 16.6. The molecule has 2 N–H and O–H groups in total. The van der Waals surface area contributed by atoms with Gasteiger partial charge in [-0.15, -0.1) is 0 Å². The van der Waals surface area contributed by atoms with Crippen LogP contribution in [0, 0.1) is 45.3 Å². The lowest BCUT2D eigenvalue weighted by molar-refractivity contribution is -0.226. The van der Waals surface area contributed by atoms with Crippen LogP contribution in [0.5, 0.6) is 0 Å². The topological polar surface area (TPSA) is 75.6 Å². The molecule has 5 saturated carbocycles. The van der Waals surface area contributed by atoms with Gasteiger partial charge in [-0.3, -0.25) is 4.79 Å². The number of hydrogen-bond acceptors (Lipinski definition) is 4. The number of carbonyl (C=O) groups excluding carboxylic acids is 2. The van der Waals surface area contributed by atoms with Gasteiger partial charge in [0.05, 0.1) is 11.6 Å². The summed E-state index contributed by atoms with van der Waals surface area (Å²) in [6.45, 7) is 16.6. The maximum atomic E-state index is 13.7. The molecule has 0 heterocycles. The third kappa shape index (κ3) is 3.80. The van der Waals surface area contributed by atoms with E-state index in [2.05, 4.69) is 53.8 Å². The van der Waals surface area contributed by atoms with Gasteiger partial charge in [-0.25, -0.2) is 4.79 Å². The summed E-state index contributed by atoms with van der Waals surface area (Å²) in [4.78, 5) is 27.0. The van der Waals surface area contributed by atoms with Crippen LogP contribution in [-0.4, -0.2) is 34.7 Å². The summed E-state index contributed by atoms with van der Waals surface area (Å²) < 4.78 is 5.91. The molecule has 3 unspecified atom stereocenters. The molecule has 0 bridgehead atoms. The number of hydrogen-bond donors (Lipinski definition) is 2. The van der Waals surface area contributed by atoms with Crippen LogP contribution in [0.4, 0.5) is 4.79 Å². The zero-order valence-corrected chi connectivity index (χ0v) is 26.3. The molecule has 40 heavy (non-hydrogen) atoms. The predicted octanol–water partition coefficient (Wildman–Crippen LogP) is 7.75. The zero-order valence-electron chi connectivity index (χ0n) is 26.3. The molecule has 5 nitrogen and oxygen atoms in total. The van der Waals surface area contributed by atoms with Crippen molar-refractivity contribution >= 4 is 11.9 Å². The molecule has 0 radical (unpaired) electrons. The number of ether oxygens (including phenoxy) is 1. The molecule has 6 aliphatic carbocycles. The summed E-state index contributed by atoms with van der Waals surface area (Å²) >= 11 is 0. The van der Waals surface area contributed by atoms with E-state index in [0.29, 0.717) is 24.2 Å². The second-order valence-corrected chi connectivity index (χ2v) is 16.6. The Morgan fingerprint density at radius 3 is 2.25 bits per heavy atom. The summed E-state index contributed by atoms with van der Waals surface area (Å²) in [5.41, 5.74) is 2.10. The number of alkyl carbamates (subject to hydrolysis) is 1. The molecule has 6 rings (SSSR count). The van der Waals surface area contributed by atoms with E-state index in [1.165, 1.54) is 24.8 Å². The molecular formula is C35H55NO4. The van der Waals surface area contributed by atoms with Gasteiger partial charge in [0.1, 0.15) is 6.10 Å². The van der Waals surface area contributed by atoms with Crippen LogP contribution in [0.25, 0.3) is 0 Å². The summed E-state index contributed by atoms with van der Waals surface area (Å²) in [5.74, 6) is 1.84. The lowest BCUT2D eigenvalue weighted by atomic mass is 9.33. The van der Waals surface area contributed by atoms with Crippen molar-refractivity contribution in [1.82, 2.24) is 5.32 Å². The van der Waals surface area contributed by atoms with Gasteiger partial charge in [-0.2, -0.15) is 0 Å². The van der Waals surface area contributed by atoms with Crippen LogP contribution in [0.15, 0.2) is 11.1 Å². The molecule has 0 aromatic carbocycles. The van der Waals surface area contributed by atoms with Gasteiger partial charge in [-0.1, -0.05) is 48.5 Å². The molecule has 0 aromatic heterocycles. The molecule has 5 heteroatoms. The molecule has 8 atom stereocenters. The standard InChI is InChI=1S/C35H55NO4/c1-21(2)28-24(37)20-35(36-30(39)40-22-10-8-9-11-22)19-18-33(6)23(29(28)35)12-13-26-32(5)16-15-27(38)31(3,4)25(32)14-17-34(26,33)7/h21-23,25-27,38H,8-20H2,1-7H3,(H,36,39)/t23?,25?,26?,27-,32-,33+,34+,35+/m0/s1. The quantitative estimate of drug-likeness (QED) is 0.375. The first-order valence-corrected chi connectivity index (χ1v) is 16.6. The van der Waals surface area contributed by atoms with Crippen LogP contribution in [0.1, 0.15) is 132 Å². The van der Waals surface area contributed by atoms with Gasteiger partial charge in [0, 0.05) is 6.42 Å². The zero-order chi connectivity index (χ0) is 28.9. The van der Waals surface area contributed by atoms with Crippen LogP contribution in [0.3, 0.4) is 0 Å². The van der Waals surface area contributed by atoms with Gasteiger partial charge in [0.25, 0.3) is 0 Å². The smallest absolute Gasteiger partial charge is 0.408 e. The third-order valence-electron chi connectivity index (χ3n) is 14.3. The predicted molar refractivity (Wildman–Crippen MR) is 158 cm³/mol. The molecule has 224 valence electrons. The minimum atomic E-state index is -0.586. The molecule has 1 amide bonds. The summed E-state index contributed by atoms with van der Waals surface area (Å²) in [5, 5.41) is 14.4. The average molecular weight is 554 g/mol. The number of aliphatic hydroxyl groups is 1. The Labute approximate surface area is 242 Å². The maximum absolute atomic E-state index is 13.7. The highest BCUT2D eigenvalue weighted by Crippen LogP contribution is 2.75. The van der Waals surface area contributed by atoms with E-state index in [9.17, 15) is 14.7 Å². The minimum Gasteiger partial charge on any atom is -0.446 e. The average Bonchev–Trinajstić information content (AvgIpc) is 3.47. The van der Waals surface area contributed by atoms with Gasteiger partial charge >= 0.3 is 6.09 Å². The molecule has 0 aliphatic heterocycles. The van der Waals surface area contributed by atoms with E-state index in [1.807, 2.05) is 0 Å². The monoisotopic (exact) mass is 553 g/mol. The van der Waals surface area contributed by atoms with Crippen molar-refractivity contribution < 1.29 is 19.4 Å². The Morgan fingerprint density at radius 1 is 0.875 bits per heavy atom. The van der Waals surface area contributed by atoms with Crippen LogP contribution < -0.4 is 5.32 Å². The number of ketones is 1. The van der Waals surface area contributed by atoms with E-state index in [1.54, 1.807) is 0 Å². The number of fused-ring (bicyclic) bond motifs is 7. The fourth-order valence-electron chi connectivity index (χ4n) is 12.1. The third-order valence-corrected chi connectivity index (χ3v) is 14.3. The van der Waals surface area contributed by atoms with Crippen molar-refractivity contribution in [3.8, 4) is 0 Å². The largest absolute Gasteiger partial charge is 0.446 e. The van der Waals surface area contributed by atoms with Crippen molar-refractivity contribution in [2.75, 3.05) is 0 Å². The van der Waals surface area contributed by atoms with E-state index in [4.69, 9.17) is 4.74 Å². The van der Waals surface area contributed by atoms with E-state index in [-0.39, 0.29) is 51.7 Å². The van der Waals surface area contributed by atoms with Gasteiger partial charge in [0.15, 0.2) is 5.78 Å². The van der Waals surface area contributed by atoms with Gasteiger partial charge in [-0.05, 0) is 134 Å². The van der Waals surface area contributed by atoms with Crippen molar-refractivity contribution in [3.05, 3.63) is 11.1 Å². The molecule has 5 fully saturated rings. The Balaban J connectivity index is 1.37. The highest BCUT2D eigenvalue weighted by molar-refractivity contribution is 6.02. The van der Waals surface area contributed by atoms with Crippen molar-refractivity contribution in [1.29, 1.82) is 0 Å². The number of nitrogens with one attached hydrogen (secondary N) is 1. The Morgan fingerprint density at radius 2 is 1.57 bits per heavy atom. The Kier molecular flexibility index (Phi) is 6.70. The first-order valence-electron chi connectivity index (χ1n) is 16.6. The minimum absolute atomic E-state index is 0.0166. The Hall–Kier alpha value is -1.36. The summed E-state index contributed by atoms with van der Waals surface area (Å²) in [6.07, 6.45) is 12.5. The molecular weight excluding hydrogens is 498 g/mol. The van der Waals surface area contributed by atoms with E-state index < -0.39 is 5.54 Å². The van der Waals surface area contributed by atoms with Crippen LogP contribution in [-0.2, 0) is 9.53 Å². The molecule has 0 spiro atoms. The van der Waals surface area contributed by atoms with Crippen molar-refractivity contribution in [2.45, 2.75) is 150 Å². The highest BCUT2D eigenvalue weighted by atomic mass is 16.6. The summed E-state index contributed by atoms with van der Waals surface area (Å²) in [7, 11) is 0. The molecule has 0 aromatic rings. The number of aliphatic hydroxyl groups excluding tert-OH is 1. The first kappa shape index (κ1) is 28.7. The van der Waals surface area contributed by atoms with E-state index >= 15 is 0 Å². The number of rotatable bonds is 3. The van der Waals surface area contributed by atoms with Crippen molar-refractivity contribution in [2.24, 2.45) is 45.3 Å². The molecule has 0 saturated heterocycles. The SMILES string of the molecule is CC(C)C1=C2C3CCC4[C@@]5(C)CC[C@H](O)C(C)(C)C5CC[C@@]4(C)[C@]3(C)CC[C@@]2(NC(=O)OC2CCCC2)CC1=O.